The van der Waals surface area contributed by atoms with Gasteiger partial charge in [-0.1, -0.05) is 6.08 Å². The number of rotatable bonds is 3. The lowest BCUT2D eigenvalue weighted by Gasteiger charge is -1.98. The van der Waals surface area contributed by atoms with E-state index in [1.54, 1.807) is 19.9 Å². The van der Waals surface area contributed by atoms with Crippen molar-refractivity contribution in [1.29, 1.82) is 0 Å². The largest absolute Gasteiger partial charge is 0.393 e. The van der Waals surface area contributed by atoms with Crippen molar-refractivity contribution in [3.63, 3.8) is 0 Å². The fraction of sp³-hybridized carbons (Fsp3) is 0.571. The van der Waals surface area contributed by atoms with E-state index >= 15 is 0 Å². The molecule has 3 heteroatoms. The lowest BCUT2D eigenvalue weighted by Crippen LogP contribution is -2.12. The van der Waals surface area contributed by atoms with Gasteiger partial charge in [-0.3, -0.25) is 4.79 Å². The van der Waals surface area contributed by atoms with Crippen LogP contribution in [0.1, 0.15) is 20.3 Å². The van der Waals surface area contributed by atoms with Crippen molar-refractivity contribution in [1.82, 2.24) is 0 Å². The van der Waals surface area contributed by atoms with Gasteiger partial charge in [0.2, 0.25) is 5.91 Å². The van der Waals surface area contributed by atoms with Crippen LogP contribution in [0.3, 0.4) is 0 Å². The molecule has 1 unspecified atom stereocenters. The van der Waals surface area contributed by atoms with Gasteiger partial charge < -0.3 is 10.8 Å². The van der Waals surface area contributed by atoms with Crippen LogP contribution in [0.15, 0.2) is 11.6 Å². The number of aliphatic hydroxyl groups is 1. The van der Waals surface area contributed by atoms with Gasteiger partial charge in [0, 0.05) is 5.57 Å². The Hall–Kier alpha value is -0.830. The first-order valence-electron chi connectivity index (χ1n) is 3.18. The van der Waals surface area contributed by atoms with Crippen LogP contribution in [0, 0.1) is 0 Å². The molecule has 0 spiro atoms. The molecule has 0 radical (unpaired) electrons. The summed E-state index contributed by atoms with van der Waals surface area (Å²) in [5.41, 5.74) is 5.43. The molecule has 0 aliphatic heterocycles. The van der Waals surface area contributed by atoms with E-state index in [1.165, 1.54) is 0 Å². The molecule has 0 heterocycles. The average molecular weight is 143 g/mol. The molecule has 3 N–H and O–H groups in total. The van der Waals surface area contributed by atoms with Crippen LogP contribution in [0.5, 0.6) is 0 Å². The zero-order chi connectivity index (χ0) is 8.15. The highest BCUT2D eigenvalue weighted by Crippen LogP contribution is 1.97. The predicted octanol–water partition coefficient (Wildman–Crippen LogP) is 0.189. The quantitative estimate of drug-likeness (QED) is 0.554. The van der Waals surface area contributed by atoms with Crippen molar-refractivity contribution in [2.45, 2.75) is 26.4 Å². The Morgan fingerprint density at radius 3 is 2.60 bits per heavy atom. The monoisotopic (exact) mass is 143 g/mol. The van der Waals surface area contributed by atoms with Crippen LogP contribution in [0.4, 0.5) is 0 Å². The third-order valence-electron chi connectivity index (χ3n) is 1.15. The highest BCUT2D eigenvalue weighted by Gasteiger charge is 1.97. The molecule has 0 aliphatic carbocycles. The van der Waals surface area contributed by atoms with Crippen molar-refractivity contribution in [3.8, 4) is 0 Å². The van der Waals surface area contributed by atoms with Crippen molar-refractivity contribution in [2.24, 2.45) is 5.73 Å². The topological polar surface area (TPSA) is 63.3 Å². The number of primary amides is 1. The number of aliphatic hydroxyl groups excluding tert-OH is 1. The van der Waals surface area contributed by atoms with E-state index in [0.29, 0.717) is 12.0 Å². The second-order valence-corrected chi connectivity index (χ2v) is 2.34. The molecule has 58 valence electrons. The summed E-state index contributed by atoms with van der Waals surface area (Å²) in [5, 5.41) is 8.79. The van der Waals surface area contributed by atoms with Crippen LogP contribution in [0.25, 0.3) is 0 Å². The van der Waals surface area contributed by atoms with E-state index < -0.39 is 12.0 Å². The molecule has 0 saturated carbocycles. The molecule has 10 heavy (non-hydrogen) atoms. The summed E-state index contributed by atoms with van der Waals surface area (Å²) in [6, 6.07) is 0. The molecule has 0 aliphatic rings. The summed E-state index contributed by atoms with van der Waals surface area (Å²) in [7, 11) is 0. The van der Waals surface area contributed by atoms with Gasteiger partial charge in [-0.05, 0) is 20.3 Å². The molecule has 0 aromatic rings. The number of carbonyl (C=O) groups excluding carboxylic acids is 1. The first kappa shape index (κ1) is 9.17. The average Bonchev–Trinajstić information content (AvgIpc) is 1.82. The number of carbonyl (C=O) groups is 1. The summed E-state index contributed by atoms with van der Waals surface area (Å²) in [4.78, 5) is 10.4. The Kier molecular flexibility index (Phi) is 3.72. The molecule has 3 nitrogen and oxygen atoms in total. The van der Waals surface area contributed by atoms with E-state index in [0.717, 1.165) is 0 Å². The maximum atomic E-state index is 10.4. The maximum absolute atomic E-state index is 10.4. The van der Waals surface area contributed by atoms with Gasteiger partial charge in [-0.2, -0.15) is 0 Å². The second-order valence-electron chi connectivity index (χ2n) is 2.34. The molecular weight excluding hydrogens is 130 g/mol. The highest BCUT2D eigenvalue weighted by atomic mass is 16.3. The summed E-state index contributed by atoms with van der Waals surface area (Å²) in [6.45, 7) is 3.29. The zero-order valence-electron chi connectivity index (χ0n) is 6.29. The van der Waals surface area contributed by atoms with E-state index in [9.17, 15) is 4.79 Å². The van der Waals surface area contributed by atoms with Crippen LogP contribution >= 0.6 is 0 Å². The summed E-state index contributed by atoms with van der Waals surface area (Å²) >= 11 is 0. The van der Waals surface area contributed by atoms with Crippen LogP contribution in [-0.4, -0.2) is 17.1 Å². The second kappa shape index (κ2) is 4.06. The Balaban J connectivity index is 3.81. The number of amides is 1. The summed E-state index contributed by atoms with van der Waals surface area (Å²) < 4.78 is 0. The molecule has 1 atom stereocenters. The molecule has 0 fully saturated rings. The zero-order valence-corrected chi connectivity index (χ0v) is 6.29. The summed E-state index contributed by atoms with van der Waals surface area (Å²) in [5.74, 6) is -0.430. The first-order chi connectivity index (χ1) is 4.54. The van der Waals surface area contributed by atoms with Crippen LogP contribution in [0.2, 0.25) is 0 Å². The van der Waals surface area contributed by atoms with Gasteiger partial charge in [-0.15, -0.1) is 0 Å². The Labute approximate surface area is 60.5 Å². The highest BCUT2D eigenvalue weighted by molar-refractivity contribution is 5.91. The SMILES string of the molecule is C/C(=C\CC(C)O)C(N)=O. The van der Waals surface area contributed by atoms with E-state index in [-0.39, 0.29) is 0 Å². The predicted molar refractivity (Wildman–Crippen MR) is 39.2 cm³/mol. The van der Waals surface area contributed by atoms with Crippen molar-refractivity contribution < 1.29 is 9.90 Å². The van der Waals surface area contributed by atoms with Gasteiger partial charge in [0.05, 0.1) is 6.10 Å². The van der Waals surface area contributed by atoms with Gasteiger partial charge >= 0.3 is 0 Å². The Bertz CT molecular complexity index is 150. The number of nitrogens with two attached hydrogens (primary N) is 1. The van der Waals surface area contributed by atoms with Gasteiger partial charge in [0.1, 0.15) is 0 Å². The molecule has 0 aromatic carbocycles. The molecule has 1 amide bonds. The standard InChI is InChI=1S/C7H13NO2/c1-5(7(8)10)3-4-6(2)9/h3,6,9H,4H2,1-2H3,(H2,8,10)/b5-3+. The normalized spacial score (nSPS) is 14.9. The maximum Gasteiger partial charge on any atom is 0.244 e. The smallest absolute Gasteiger partial charge is 0.244 e. The third kappa shape index (κ3) is 4.09. The van der Waals surface area contributed by atoms with E-state index in [4.69, 9.17) is 10.8 Å². The van der Waals surface area contributed by atoms with Crippen LogP contribution < -0.4 is 5.73 Å². The lowest BCUT2D eigenvalue weighted by atomic mass is 10.2. The van der Waals surface area contributed by atoms with Gasteiger partial charge in [0.15, 0.2) is 0 Å². The molecule has 0 saturated heterocycles. The lowest BCUT2D eigenvalue weighted by molar-refractivity contribution is -0.114. The van der Waals surface area contributed by atoms with E-state index in [2.05, 4.69) is 0 Å². The van der Waals surface area contributed by atoms with E-state index in [1.807, 2.05) is 0 Å². The van der Waals surface area contributed by atoms with Gasteiger partial charge in [-0.25, -0.2) is 0 Å². The van der Waals surface area contributed by atoms with Crippen LogP contribution in [-0.2, 0) is 4.79 Å². The number of hydrogen-bond acceptors (Lipinski definition) is 2. The molecule has 0 bridgehead atoms. The van der Waals surface area contributed by atoms with Crippen molar-refractivity contribution in [2.75, 3.05) is 0 Å². The molecule has 0 rings (SSSR count). The summed E-state index contributed by atoms with van der Waals surface area (Å²) in [6.07, 6.45) is 1.70. The minimum absolute atomic E-state index is 0.408. The molecular formula is C7H13NO2. The third-order valence-corrected chi connectivity index (χ3v) is 1.15. The Morgan fingerprint density at radius 1 is 1.80 bits per heavy atom. The minimum atomic E-state index is -0.430. The van der Waals surface area contributed by atoms with Crippen molar-refractivity contribution >= 4 is 5.91 Å². The fourth-order valence-corrected chi connectivity index (χ4v) is 0.448. The minimum Gasteiger partial charge on any atom is -0.393 e. The van der Waals surface area contributed by atoms with Crippen molar-refractivity contribution in [3.05, 3.63) is 11.6 Å². The first-order valence-corrected chi connectivity index (χ1v) is 3.18. The Morgan fingerprint density at radius 2 is 2.30 bits per heavy atom. The van der Waals surface area contributed by atoms with Gasteiger partial charge in [0.25, 0.3) is 0 Å². The molecule has 0 aromatic heterocycles. The fourth-order valence-electron chi connectivity index (χ4n) is 0.448. The number of hydrogen-bond donors (Lipinski definition) is 2.